The third kappa shape index (κ3) is 2.97. The van der Waals surface area contributed by atoms with Gasteiger partial charge in [-0.05, 0) is 29.8 Å². The van der Waals surface area contributed by atoms with Crippen LogP contribution in [0.25, 0.3) is 11.3 Å². The van der Waals surface area contributed by atoms with Crippen molar-refractivity contribution in [3.63, 3.8) is 0 Å². The minimum Gasteiger partial charge on any atom is -0.454 e. The summed E-state index contributed by atoms with van der Waals surface area (Å²) in [6.07, 6.45) is -0.533. The van der Waals surface area contributed by atoms with Gasteiger partial charge < -0.3 is 14.2 Å². The topological polar surface area (TPSA) is 86.8 Å². The Hall–Kier alpha value is -3.39. The minimum absolute atomic E-state index is 0.209. The number of benzene rings is 2. The Labute approximate surface area is 163 Å². The number of hydrogen-bond donors (Lipinski definition) is 1. The van der Waals surface area contributed by atoms with Crippen LogP contribution in [0.2, 0.25) is 0 Å². The van der Waals surface area contributed by atoms with Crippen molar-refractivity contribution in [3.05, 3.63) is 59.0 Å². The molecule has 0 fully saturated rings. The molecule has 2 aromatic carbocycles. The van der Waals surface area contributed by atoms with Crippen LogP contribution in [0.3, 0.4) is 0 Å². The van der Waals surface area contributed by atoms with E-state index in [-0.39, 0.29) is 6.79 Å². The number of nitrogens with zero attached hydrogens (tertiary/aromatic N) is 1. The number of anilines is 1. The molecule has 2 aliphatic rings. The zero-order valence-electron chi connectivity index (χ0n) is 14.5. The lowest BCUT2D eigenvalue weighted by Crippen LogP contribution is -2.37. The Morgan fingerprint density at radius 2 is 2.00 bits per heavy atom. The number of ether oxygens (including phenoxy) is 3. The maximum atomic E-state index is 12.6. The Bertz CT molecular complexity index is 1090. The van der Waals surface area contributed by atoms with Gasteiger partial charge >= 0.3 is 5.97 Å². The summed E-state index contributed by atoms with van der Waals surface area (Å²) < 4.78 is 16.0. The van der Waals surface area contributed by atoms with Crippen LogP contribution < -0.4 is 14.8 Å². The Morgan fingerprint density at radius 1 is 1.14 bits per heavy atom. The molecule has 0 spiro atoms. The Balaban J connectivity index is 1.31. The number of fused-ring (bicyclic) bond motifs is 2. The Kier molecular flexibility index (Phi) is 3.98. The van der Waals surface area contributed by atoms with Crippen molar-refractivity contribution >= 4 is 28.3 Å². The third-order valence-corrected chi connectivity index (χ3v) is 5.34. The highest BCUT2D eigenvalue weighted by Crippen LogP contribution is 2.36. The number of thiazole rings is 1. The van der Waals surface area contributed by atoms with Crippen molar-refractivity contribution in [2.24, 2.45) is 0 Å². The number of aromatic nitrogens is 1. The SMILES string of the molecule is O=C1OC(C(=O)Nc2nc(-c3ccc4c(c3)OCO4)cs2)Cc2ccccc21. The second kappa shape index (κ2) is 6.65. The van der Waals surface area contributed by atoms with Gasteiger partial charge in [-0.15, -0.1) is 11.3 Å². The summed E-state index contributed by atoms with van der Waals surface area (Å²) in [4.78, 5) is 29.1. The van der Waals surface area contributed by atoms with E-state index in [1.165, 1.54) is 11.3 Å². The first-order valence-corrected chi connectivity index (χ1v) is 9.50. The highest BCUT2D eigenvalue weighted by molar-refractivity contribution is 7.14. The summed E-state index contributed by atoms with van der Waals surface area (Å²) in [5, 5.41) is 5.02. The van der Waals surface area contributed by atoms with Crippen molar-refractivity contribution in [2.45, 2.75) is 12.5 Å². The first kappa shape index (κ1) is 16.8. The second-order valence-electron chi connectivity index (χ2n) is 6.35. The molecule has 1 N–H and O–H groups in total. The molecule has 0 aliphatic carbocycles. The molecule has 5 rings (SSSR count). The van der Waals surface area contributed by atoms with Crippen LogP contribution in [0.15, 0.2) is 47.8 Å². The third-order valence-electron chi connectivity index (χ3n) is 4.59. The van der Waals surface area contributed by atoms with Crippen molar-refractivity contribution < 1.29 is 23.8 Å². The molecule has 28 heavy (non-hydrogen) atoms. The van der Waals surface area contributed by atoms with E-state index in [2.05, 4.69) is 10.3 Å². The van der Waals surface area contributed by atoms with Crippen molar-refractivity contribution in [1.82, 2.24) is 4.98 Å². The fourth-order valence-electron chi connectivity index (χ4n) is 3.18. The van der Waals surface area contributed by atoms with Gasteiger partial charge in [0.25, 0.3) is 5.91 Å². The molecular formula is C20H14N2O5S. The quantitative estimate of drug-likeness (QED) is 0.686. The van der Waals surface area contributed by atoms with Gasteiger partial charge in [0.1, 0.15) is 0 Å². The molecule has 1 aromatic heterocycles. The summed E-state index contributed by atoms with van der Waals surface area (Å²) in [5.74, 6) is 0.493. The molecule has 0 saturated heterocycles. The molecule has 8 heteroatoms. The molecule has 1 atom stereocenters. The summed E-state index contributed by atoms with van der Waals surface area (Å²) in [6, 6.07) is 12.7. The van der Waals surface area contributed by atoms with Gasteiger partial charge in [0.2, 0.25) is 6.79 Å². The Morgan fingerprint density at radius 3 is 2.93 bits per heavy atom. The van der Waals surface area contributed by atoms with Crippen LogP contribution >= 0.6 is 11.3 Å². The van der Waals surface area contributed by atoms with Gasteiger partial charge in [-0.25, -0.2) is 9.78 Å². The van der Waals surface area contributed by atoms with Gasteiger partial charge in [0.15, 0.2) is 22.7 Å². The van der Waals surface area contributed by atoms with Crippen LogP contribution in [-0.2, 0) is 16.0 Å². The molecule has 0 bridgehead atoms. The zero-order valence-corrected chi connectivity index (χ0v) is 15.3. The van der Waals surface area contributed by atoms with Crippen molar-refractivity contribution in [1.29, 1.82) is 0 Å². The van der Waals surface area contributed by atoms with E-state index in [1.54, 1.807) is 12.1 Å². The molecule has 0 radical (unpaired) electrons. The first-order valence-electron chi connectivity index (χ1n) is 8.63. The molecule has 3 aromatic rings. The number of cyclic esters (lactones) is 1. The summed E-state index contributed by atoms with van der Waals surface area (Å²) >= 11 is 1.30. The largest absolute Gasteiger partial charge is 0.454 e. The normalized spacial score (nSPS) is 17.0. The first-order chi connectivity index (χ1) is 13.7. The summed E-state index contributed by atoms with van der Waals surface area (Å²) in [6.45, 7) is 0.209. The number of carbonyl (C=O) groups is 2. The molecule has 140 valence electrons. The van der Waals surface area contributed by atoms with E-state index in [1.807, 2.05) is 35.7 Å². The molecule has 1 unspecified atom stereocenters. The average Bonchev–Trinajstić information content (AvgIpc) is 3.36. The van der Waals surface area contributed by atoms with Gasteiger partial charge in [0.05, 0.1) is 11.3 Å². The highest BCUT2D eigenvalue weighted by atomic mass is 32.1. The molecule has 0 saturated carbocycles. The standard InChI is InChI=1S/C20H14N2O5S/c23-18(17-7-11-3-1-2-4-13(11)19(24)27-17)22-20-21-14(9-28-20)12-5-6-15-16(8-12)26-10-25-15/h1-6,8-9,17H,7,10H2,(H,21,22,23). The number of rotatable bonds is 3. The van der Waals surface area contributed by atoms with Gasteiger partial charge in [-0.3, -0.25) is 10.1 Å². The number of carbonyl (C=O) groups excluding carboxylic acids is 2. The molecule has 7 nitrogen and oxygen atoms in total. The van der Waals surface area contributed by atoms with E-state index >= 15 is 0 Å². The smallest absolute Gasteiger partial charge is 0.339 e. The molecule has 1 amide bonds. The van der Waals surface area contributed by atoms with Crippen LogP contribution in [0, 0.1) is 0 Å². The molecule has 2 aliphatic heterocycles. The predicted octanol–water partition coefficient (Wildman–Crippen LogP) is 3.26. The van der Waals surface area contributed by atoms with Crippen molar-refractivity contribution in [2.75, 3.05) is 12.1 Å². The maximum Gasteiger partial charge on any atom is 0.339 e. The van der Waals surface area contributed by atoms with E-state index in [4.69, 9.17) is 14.2 Å². The van der Waals surface area contributed by atoms with Crippen molar-refractivity contribution in [3.8, 4) is 22.8 Å². The van der Waals surface area contributed by atoms with E-state index in [0.717, 1.165) is 11.1 Å². The van der Waals surface area contributed by atoms with Crippen LogP contribution in [0.1, 0.15) is 15.9 Å². The number of hydrogen-bond acceptors (Lipinski definition) is 7. The van der Waals surface area contributed by atoms with Crippen LogP contribution in [0.5, 0.6) is 11.5 Å². The number of esters is 1. The average molecular weight is 394 g/mol. The van der Waals surface area contributed by atoms with Gasteiger partial charge in [0, 0.05) is 17.4 Å². The van der Waals surface area contributed by atoms with Gasteiger partial charge in [-0.1, -0.05) is 18.2 Å². The highest BCUT2D eigenvalue weighted by Gasteiger charge is 2.31. The number of nitrogens with one attached hydrogen (secondary N) is 1. The minimum atomic E-state index is -0.875. The lowest BCUT2D eigenvalue weighted by atomic mass is 9.98. The lowest BCUT2D eigenvalue weighted by molar-refractivity contribution is -0.125. The number of amides is 1. The molecular weight excluding hydrogens is 380 g/mol. The van der Waals surface area contributed by atoms with Gasteiger partial charge in [-0.2, -0.15) is 0 Å². The van der Waals surface area contributed by atoms with E-state index < -0.39 is 18.0 Å². The van der Waals surface area contributed by atoms with E-state index in [9.17, 15) is 9.59 Å². The lowest BCUT2D eigenvalue weighted by Gasteiger charge is -2.23. The summed E-state index contributed by atoms with van der Waals surface area (Å²) in [5.41, 5.74) is 2.88. The predicted molar refractivity (Wildman–Crippen MR) is 102 cm³/mol. The maximum absolute atomic E-state index is 12.6. The zero-order chi connectivity index (χ0) is 19.1. The fraction of sp³-hybridized carbons (Fsp3) is 0.150. The summed E-state index contributed by atoms with van der Waals surface area (Å²) in [7, 11) is 0. The van der Waals surface area contributed by atoms with Crippen LogP contribution in [0.4, 0.5) is 5.13 Å². The fourth-order valence-corrected chi connectivity index (χ4v) is 3.91. The van der Waals surface area contributed by atoms with Crippen LogP contribution in [-0.4, -0.2) is 29.8 Å². The second-order valence-corrected chi connectivity index (χ2v) is 7.21. The molecule has 3 heterocycles. The van der Waals surface area contributed by atoms with E-state index in [0.29, 0.717) is 34.3 Å². The monoisotopic (exact) mass is 394 g/mol.